The molecule has 1 aliphatic heterocycles. The van der Waals surface area contributed by atoms with Crippen molar-refractivity contribution < 1.29 is 58.2 Å². The number of aliphatic hydroxyl groups excluding tert-OH is 2. The van der Waals surface area contributed by atoms with E-state index < -0.39 is 67.3 Å². The summed E-state index contributed by atoms with van der Waals surface area (Å²) in [7, 11) is 0. The molecule has 0 spiro atoms. The van der Waals surface area contributed by atoms with Gasteiger partial charge in [0.2, 0.25) is 0 Å². The number of hydrogen-bond donors (Lipinski definition) is 3. The van der Waals surface area contributed by atoms with E-state index in [1.807, 2.05) is 0 Å². The summed E-state index contributed by atoms with van der Waals surface area (Å²) in [5, 5.41) is 31.6. The van der Waals surface area contributed by atoms with Gasteiger partial charge < -0.3 is 39.0 Å². The van der Waals surface area contributed by atoms with Gasteiger partial charge in [-0.1, -0.05) is 221 Å². The molecule has 0 radical (unpaired) electrons. The second-order valence-corrected chi connectivity index (χ2v) is 21.7. The molecule has 1 aliphatic rings. The van der Waals surface area contributed by atoms with Crippen molar-refractivity contribution >= 4 is 23.9 Å². The fraction of sp³-hybridized carbons (Fsp3) is 0.710. The molecule has 462 valence electrons. The van der Waals surface area contributed by atoms with Crippen molar-refractivity contribution in [2.24, 2.45) is 0 Å². The van der Waals surface area contributed by atoms with E-state index in [0.717, 1.165) is 161 Å². The number of aliphatic hydroxyl groups is 2. The van der Waals surface area contributed by atoms with Gasteiger partial charge in [0.15, 0.2) is 24.6 Å². The number of hydrogen-bond acceptors (Lipinski definition) is 11. The van der Waals surface area contributed by atoms with Crippen LogP contribution in [0.5, 0.6) is 0 Å². The zero-order chi connectivity index (χ0) is 58.9. The Kier molecular flexibility index (Phi) is 51.7. The van der Waals surface area contributed by atoms with Crippen LogP contribution in [0, 0.1) is 0 Å². The summed E-state index contributed by atoms with van der Waals surface area (Å²) in [5.74, 6) is -3.17. The summed E-state index contributed by atoms with van der Waals surface area (Å²) in [6.45, 7) is 5.82. The predicted octanol–water partition coefficient (Wildman–Crippen LogP) is 17.2. The maximum absolute atomic E-state index is 13.2. The molecule has 6 atom stereocenters. The molecule has 0 saturated carbocycles. The number of carboxylic acid groups (broad SMARTS) is 1. The summed E-state index contributed by atoms with van der Waals surface area (Å²) in [5.41, 5.74) is 0. The van der Waals surface area contributed by atoms with Gasteiger partial charge in [-0.3, -0.25) is 14.4 Å². The third-order valence-electron chi connectivity index (χ3n) is 14.1. The maximum atomic E-state index is 13.2. The normalized spacial score (nSPS) is 18.4. The van der Waals surface area contributed by atoms with Gasteiger partial charge in [-0.2, -0.15) is 0 Å². The zero-order valence-electron chi connectivity index (χ0n) is 51.0. The number of allylic oxidation sites excluding steroid dienone is 16. The number of carbonyl (C=O) groups excluding carboxylic acids is 3. The second-order valence-electron chi connectivity index (χ2n) is 21.7. The topological polar surface area (TPSA) is 175 Å². The molecule has 1 heterocycles. The Balaban J connectivity index is 2.68. The van der Waals surface area contributed by atoms with Crippen molar-refractivity contribution in [2.45, 2.75) is 302 Å². The van der Waals surface area contributed by atoms with Gasteiger partial charge in [-0.25, -0.2) is 4.79 Å². The van der Waals surface area contributed by atoms with Gasteiger partial charge in [0.1, 0.15) is 18.8 Å². The Labute approximate surface area is 492 Å². The summed E-state index contributed by atoms with van der Waals surface area (Å²) in [6.07, 6.45) is 62.1. The molecule has 12 nitrogen and oxygen atoms in total. The monoisotopic (exact) mass is 1130 g/mol. The quantitative estimate of drug-likeness (QED) is 0.0228. The molecule has 0 aromatic rings. The summed E-state index contributed by atoms with van der Waals surface area (Å²) in [6, 6.07) is 0. The van der Waals surface area contributed by atoms with Gasteiger partial charge in [0, 0.05) is 19.3 Å². The SMILES string of the molecule is CC/C=C\C/C=C\C/C=C\CCCCCCCC(=O)OC(COC(=O)CCCCCCCC/C=C\C/C=C\C/C=C\CCCCC)COC1OC(C(=O)O)C(O)C(O)C1OC(=O)CCCCCCCCC/C=C\C/C=C\CCCCC. The largest absolute Gasteiger partial charge is 0.479 e. The summed E-state index contributed by atoms with van der Waals surface area (Å²) in [4.78, 5) is 51.3. The molecule has 81 heavy (non-hydrogen) atoms. The lowest BCUT2D eigenvalue weighted by Crippen LogP contribution is -2.61. The Morgan fingerprint density at radius 1 is 0.420 bits per heavy atom. The van der Waals surface area contributed by atoms with Crippen molar-refractivity contribution in [2.75, 3.05) is 13.2 Å². The minimum absolute atomic E-state index is 0.0444. The van der Waals surface area contributed by atoms with Crippen LogP contribution in [-0.2, 0) is 42.9 Å². The lowest BCUT2D eigenvalue weighted by molar-refractivity contribution is -0.301. The Morgan fingerprint density at radius 2 is 0.778 bits per heavy atom. The zero-order valence-corrected chi connectivity index (χ0v) is 51.0. The Morgan fingerprint density at radius 3 is 1.19 bits per heavy atom. The third-order valence-corrected chi connectivity index (χ3v) is 14.1. The van der Waals surface area contributed by atoms with Crippen molar-refractivity contribution in [3.05, 3.63) is 97.2 Å². The highest BCUT2D eigenvalue weighted by molar-refractivity contribution is 5.74. The first-order valence-electron chi connectivity index (χ1n) is 32.2. The number of ether oxygens (including phenoxy) is 5. The van der Waals surface area contributed by atoms with Crippen molar-refractivity contribution in [1.82, 2.24) is 0 Å². The molecular formula is C69H114O12. The highest BCUT2D eigenvalue weighted by atomic mass is 16.7. The Hall–Kier alpha value is -4.36. The van der Waals surface area contributed by atoms with Crippen LogP contribution in [-0.4, -0.2) is 89.2 Å². The molecule has 0 aromatic carbocycles. The highest BCUT2D eigenvalue weighted by Crippen LogP contribution is 2.26. The van der Waals surface area contributed by atoms with Crippen LogP contribution in [0.15, 0.2) is 97.2 Å². The first-order valence-corrected chi connectivity index (χ1v) is 32.2. The summed E-state index contributed by atoms with van der Waals surface area (Å²) >= 11 is 0. The predicted molar refractivity (Wildman–Crippen MR) is 331 cm³/mol. The van der Waals surface area contributed by atoms with Crippen molar-refractivity contribution in [1.29, 1.82) is 0 Å². The number of rotatable bonds is 54. The molecule has 0 aromatic heterocycles. The van der Waals surface area contributed by atoms with E-state index in [1.54, 1.807) is 0 Å². The fourth-order valence-electron chi connectivity index (χ4n) is 9.18. The van der Waals surface area contributed by atoms with Crippen LogP contribution in [0.3, 0.4) is 0 Å². The molecule has 3 N–H and O–H groups in total. The molecule has 0 aliphatic carbocycles. The summed E-state index contributed by atoms with van der Waals surface area (Å²) < 4.78 is 28.5. The van der Waals surface area contributed by atoms with Gasteiger partial charge in [-0.05, 0) is 122 Å². The first-order chi connectivity index (χ1) is 39.6. The van der Waals surface area contributed by atoms with E-state index in [9.17, 15) is 34.5 Å². The molecule has 6 unspecified atom stereocenters. The fourth-order valence-corrected chi connectivity index (χ4v) is 9.18. The molecule has 0 bridgehead atoms. The van der Waals surface area contributed by atoms with E-state index >= 15 is 0 Å². The lowest BCUT2D eigenvalue weighted by atomic mass is 9.98. The van der Waals surface area contributed by atoms with Crippen LogP contribution in [0.25, 0.3) is 0 Å². The average molecular weight is 1140 g/mol. The maximum Gasteiger partial charge on any atom is 0.335 e. The van der Waals surface area contributed by atoms with Crippen LogP contribution in [0.2, 0.25) is 0 Å². The van der Waals surface area contributed by atoms with Crippen LogP contribution < -0.4 is 0 Å². The van der Waals surface area contributed by atoms with Crippen LogP contribution in [0.4, 0.5) is 0 Å². The van der Waals surface area contributed by atoms with Crippen molar-refractivity contribution in [3.8, 4) is 0 Å². The van der Waals surface area contributed by atoms with Crippen molar-refractivity contribution in [3.63, 3.8) is 0 Å². The first kappa shape index (κ1) is 74.7. The van der Waals surface area contributed by atoms with E-state index in [2.05, 4.69) is 118 Å². The van der Waals surface area contributed by atoms with E-state index in [-0.39, 0.29) is 25.9 Å². The van der Waals surface area contributed by atoms with E-state index in [1.165, 1.54) is 44.9 Å². The second kappa shape index (κ2) is 56.1. The molecular weight excluding hydrogens is 1020 g/mol. The van der Waals surface area contributed by atoms with Crippen LogP contribution >= 0.6 is 0 Å². The minimum Gasteiger partial charge on any atom is -0.479 e. The smallest absolute Gasteiger partial charge is 0.335 e. The van der Waals surface area contributed by atoms with Gasteiger partial charge in [-0.15, -0.1) is 0 Å². The third kappa shape index (κ3) is 45.8. The van der Waals surface area contributed by atoms with Gasteiger partial charge in [0.25, 0.3) is 0 Å². The minimum atomic E-state index is -1.92. The highest BCUT2D eigenvalue weighted by Gasteiger charge is 2.50. The molecule has 1 fully saturated rings. The molecule has 1 saturated heterocycles. The standard InChI is InChI=1S/C69H114O12/c1-4-7-10-13-16-19-22-25-28-30-31-33-35-37-40-43-46-49-52-55-61(70)77-58-60(79-62(71)56-53-50-47-44-41-38-34-27-24-21-18-15-12-9-6-3)59-78-69-67(65(74)64(73)66(81-69)68(75)76)80-63(72)57-54-51-48-45-42-39-36-32-29-26-23-20-17-14-11-8-5-2/h9,12,16-21,25-29,31,33-34,60,64-67,69,73-74H,4-8,10-11,13-15,22-24,30,32,35-59H2,1-3H3,(H,75,76)/b12-9-,19-16-,20-17-,21-18-,28-25-,29-26-,33-31-,34-27-. The molecule has 12 heteroatoms. The Bertz CT molecular complexity index is 1780. The van der Waals surface area contributed by atoms with E-state index in [0.29, 0.717) is 19.3 Å². The van der Waals surface area contributed by atoms with Crippen LogP contribution in [0.1, 0.15) is 265 Å². The van der Waals surface area contributed by atoms with Gasteiger partial charge in [0.05, 0.1) is 6.61 Å². The average Bonchev–Trinajstić information content (AvgIpc) is 3.53. The number of carbonyl (C=O) groups is 4. The van der Waals surface area contributed by atoms with Gasteiger partial charge >= 0.3 is 23.9 Å². The number of esters is 3. The number of aliphatic carboxylic acids is 1. The lowest BCUT2D eigenvalue weighted by Gasteiger charge is -2.40. The van der Waals surface area contributed by atoms with E-state index in [4.69, 9.17) is 23.7 Å². The molecule has 1 rings (SSSR count). The number of unbranched alkanes of at least 4 members (excludes halogenated alkanes) is 24. The number of carboxylic acids is 1. The molecule has 0 amide bonds.